The lowest BCUT2D eigenvalue weighted by molar-refractivity contribution is 0.659. The van der Waals surface area contributed by atoms with E-state index < -0.39 is 0 Å². The zero-order chi connectivity index (χ0) is 16.4. The monoisotopic (exact) mass is 316 g/mol. The topological polar surface area (TPSA) is 0 Å². The molecular weight excluding hydrogens is 287 g/mol. The molecule has 0 N–H and O–H groups in total. The van der Waals surface area contributed by atoms with Gasteiger partial charge in [0.15, 0.2) is 0 Å². The summed E-state index contributed by atoms with van der Waals surface area (Å²) in [5, 5.41) is 0. The van der Waals surface area contributed by atoms with Gasteiger partial charge in [0.25, 0.3) is 0 Å². The first-order valence-electron chi connectivity index (χ1n) is 9.94. The van der Waals surface area contributed by atoms with Gasteiger partial charge in [-0.05, 0) is 35.8 Å². The van der Waals surface area contributed by atoms with Crippen molar-refractivity contribution < 1.29 is 0 Å². The van der Waals surface area contributed by atoms with E-state index in [2.05, 4.69) is 67.5 Å². The second-order valence-electron chi connectivity index (χ2n) is 8.08. The van der Waals surface area contributed by atoms with Crippen LogP contribution in [-0.4, -0.2) is 6.71 Å². The SMILES string of the molecule is CB([C@H]1CCC[C@@H]1c1ccccc1)[C@H]1CCC[C@@H]1c1ccccc1. The highest BCUT2D eigenvalue weighted by atomic mass is 14.3. The van der Waals surface area contributed by atoms with Crippen molar-refractivity contribution in [2.75, 3.05) is 0 Å². The van der Waals surface area contributed by atoms with E-state index in [1.165, 1.54) is 38.5 Å². The summed E-state index contributed by atoms with van der Waals surface area (Å²) in [5.74, 6) is 3.33. The fourth-order valence-electron chi connectivity index (χ4n) is 5.78. The van der Waals surface area contributed by atoms with Crippen LogP contribution in [0.5, 0.6) is 0 Å². The van der Waals surface area contributed by atoms with Gasteiger partial charge < -0.3 is 0 Å². The maximum Gasteiger partial charge on any atom is 0.144 e. The van der Waals surface area contributed by atoms with Gasteiger partial charge in [0, 0.05) is 0 Å². The minimum Gasteiger partial charge on any atom is -0.0856 e. The van der Waals surface area contributed by atoms with Crippen molar-refractivity contribution in [2.24, 2.45) is 0 Å². The van der Waals surface area contributed by atoms with Gasteiger partial charge in [-0.3, -0.25) is 0 Å². The standard InChI is InChI=1S/C23H29B/c1-24(22-16-8-14-20(22)18-10-4-2-5-11-18)23-17-9-15-21(23)19-12-6-3-7-13-19/h2-7,10-13,20-23H,8-9,14-17H2,1H3/t20-,21-,22+,23+/m1/s1. The van der Waals surface area contributed by atoms with Crippen LogP contribution in [0.1, 0.15) is 61.5 Å². The average Bonchev–Trinajstić information content (AvgIpc) is 3.32. The Kier molecular flexibility index (Phi) is 4.78. The normalized spacial score (nSPS) is 29.7. The lowest BCUT2D eigenvalue weighted by atomic mass is 9.31. The smallest absolute Gasteiger partial charge is 0.0856 e. The van der Waals surface area contributed by atoms with Gasteiger partial charge in [-0.15, -0.1) is 0 Å². The molecule has 2 aliphatic carbocycles. The molecule has 2 aromatic carbocycles. The molecule has 2 fully saturated rings. The lowest BCUT2D eigenvalue weighted by Gasteiger charge is -2.32. The van der Waals surface area contributed by atoms with Crippen LogP contribution >= 0.6 is 0 Å². The van der Waals surface area contributed by atoms with Gasteiger partial charge >= 0.3 is 0 Å². The minimum absolute atomic E-state index is 0.790. The Balaban J connectivity index is 1.55. The average molecular weight is 316 g/mol. The molecule has 0 nitrogen and oxygen atoms in total. The molecule has 2 aromatic rings. The van der Waals surface area contributed by atoms with Crippen LogP contribution in [0.4, 0.5) is 0 Å². The summed E-state index contributed by atoms with van der Waals surface area (Å²) >= 11 is 0. The first-order chi connectivity index (χ1) is 11.8. The summed E-state index contributed by atoms with van der Waals surface area (Å²) in [4.78, 5) is 0. The molecule has 4 rings (SSSR count). The Morgan fingerprint density at radius 2 is 1.04 bits per heavy atom. The molecular formula is C23H29B. The van der Waals surface area contributed by atoms with Crippen LogP contribution in [0.15, 0.2) is 60.7 Å². The van der Waals surface area contributed by atoms with Crippen LogP contribution < -0.4 is 0 Å². The van der Waals surface area contributed by atoms with Crippen molar-refractivity contribution in [1.82, 2.24) is 0 Å². The van der Waals surface area contributed by atoms with Gasteiger partial charge in [0.1, 0.15) is 6.71 Å². The Morgan fingerprint density at radius 1 is 0.625 bits per heavy atom. The zero-order valence-corrected chi connectivity index (χ0v) is 14.9. The molecule has 0 amide bonds. The molecule has 2 aliphatic rings. The first kappa shape index (κ1) is 16.0. The Hall–Kier alpha value is -1.50. The molecule has 0 unspecified atom stereocenters. The molecule has 0 aromatic heterocycles. The van der Waals surface area contributed by atoms with Crippen LogP contribution in [0.25, 0.3) is 0 Å². The van der Waals surface area contributed by atoms with Crippen LogP contribution in [0.2, 0.25) is 18.5 Å². The molecule has 24 heavy (non-hydrogen) atoms. The fourth-order valence-corrected chi connectivity index (χ4v) is 5.78. The molecule has 0 bridgehead atoms. The van der Waals surface area contributed by atoms with E-state index in [1.54, 1.807) is 11.1 Å². The molecule has 4 atom stereocenters. The quantitative estimate of drug-likeness (QED) is 0.545. The predicted molar refractivity (Wildman–Crippen MR) is 105 cm³/mol. The summed E-state index contributed by atoms with van der Waals surface area (Å²) < 4.78 is 0. The Bertz CT molecular complexity index is 578. The van der Waals surface area contributed by atoms with E-state index in [9.17, 15) is 0 Å². The van der Waals surface area contributed by atoms with Crippen molar-refractivity contribution in [3.63, 3.8) is 0 Å². The fraction of sp³-hybridized carbons (Fsp3) is 0.478. The zero-order valence-electron chi connectivity index (χ0n) is 14.9. The Morgan fingerprint density at radius 3 is 1.46 bits per heavy atom. The summed E-state index contributed by atoms with van der Waals surface area (Å²) in [6, 6.07) is 22.6. The van der Waals surface area contributed by atoms with Gasteiger partial charge in [0.05, 0.1) is 0 Å². The minimum atomic E-state index is 0.790. The first-order valence-corrected chi connectivity index (χ1v) is 9.94. The van der Waals surface area contributed by atoms with Crippen molar-refractivity contribution in [3.05, 3.63) is 71.8 Å². The third kappa shape index (κ3) is 3.06. The molecule has 2 saturated carbocycles. The highest BCUT2D eigenvalue weighted by Crippen LogP contribution is 2.54. The second kappa shape index (κ2) is 7.17. The van der Waals surface area contributed by atoms with E-state index in [0.717, 1.165) is 30.2 Å². The van der Waals surface area contributed by atoms with Crippen molar-refractivity contribution in [1.29, 1.82) is 0 Å². The van der Waals surface area contributed by atoms with Crippen LogP contribution in [0, 0.1) is 0 Å². The number of hydrogen-bond donors (Lipinski definition) is 0. The van der Waals surface area contributed by atoms with E-state index in [1.807, 2.05) is 0 Å². The van der Waals surface area contributed by atoms with Crippen LogP contribution in [0.3, 0.4) is 0 Å². The summed E-state index contributed by atoms with van der Waals surface area (Å²) in [6.07, 6.45) is 8.47. The van der Waals surface area contributed by atoms with Crippen molar-refractivity contribution in [2.45, 2.75) is 68.8 Å². The number of benzene rings is 2. The van der Waals surface area contributed by atoms with Gasteiger partial charge in [-0.2, -0.15) is 0 Å². The van der Waals surface area contributed by atoms with E-state index in [0.29, 0.717) is 0 Å². The van der Waals surface area contributed by atoms with Crippen molar-refractivity contribution >= 4 is 6.71 Å². The Labute approximate surface area is 147 Å². The van der Waals surface area contributed by atoms with Crippen molar-refractivity contribution in [3.8, 4) is 0 Å². The molecule has 0 aliphatic heterocycles. The molecule has 124 valence electrons. The largest absolute Gasteiger partial charge is 0.144 e. The van der Waals surface area contributed by atoms with E-state index >= 15 is 0 Å². The molecule has 0 radical (unpaired) electrons. The molecule has 0 spiro atoms. The number of hydrogen-bond acceptors (Lipinski definition) is 0. The highest BCUT2D eigenvalue weighted by Gasteiger charge is 2.42. The van der Waals surface area contributed by atoms with Gasteiger partial charge in [-0.1, -0.05) is 105 Å². The van der Waals surface area contributed by atoms with E-state index in [-0.39, 0.29) is 0 Å². The van der Waals surface area contributed by atoms with Gasteiger partial charge in [0.2, 0.25) is 0 Å². The maximum absolute atomic E-state index is 2.57. The number of rotatable bonds is 4. The van der Waals surface area contributed by atoms with Crippen LogP contribution in [-0.2, 0) is 0 Å². The predicted octanol–water partition coefficient (Wildman–Crippen LogP) is 6.79. The lowest BCUT2D eigenvalue weighted by Crippen LogP contribution is -2.27. The third-order valence-corrected chi connectivity index (χ3v) is 6.94. The third-order valence-electron chi connectivity index (χ3n) is 6.94. The van der Waals surface area contributed by atoms with E-state index in [4.69, 9.17) is 0 Å². The molecule has 0 saturated heterocycles. The maximum atomic E-state index is 2.57. The molecule has 0 heterocycles. The second-order valence-corrected chi connectivity index (χ2v) is 8.08. The summed E-state index contributed by atoms with van der Waals surface area (Å²) in [6.45, 7) is 3.41. The van der Waals surface area contributed by atoms with Gasteiger partial charge in [-0.25, -0.2) is 0 Å². The molecule has 1 heteroatoms. The summed E-state index contributed by atoms with van der Waals surface area (Å²) in [5.41, 5.74) is 3.17. The highest BCUT2D eigenvalue weighted by molar-refractivity contribution is 6.61. The summed E-state index contributed by atoms with van der Waals surface area (Å²) in [7, 11) is 0.